The molecule has 21 heavy (non-hydrogen) atoms. The summed E-state index contributed by atoms with van der Waals surface area (Å²) in [6, 6.07) is 14.7. The van der Waals surface area contributed by atoms with E-state index in [0.717, 1.165) is 25.9 Å². The number of thiophene rings is 2. The van der Waals surface area contributed by atoms with Crippen molar-refractivity contribution in [1.82, 2.24) is 0 Å². The molecule has 0 aliphatic rings. The third-order valence-electron chi connectivity index (χ3n) is 3.58. The fraction of sp³-hybridized carbons (Fsp3) is 0.0588. The standard InChI is InChI=1S/C17H11FOS2/c18-11-6-5-10-7-16(21-15(10)8-11)17(19)13-9-20-14-4-2-1-3-12(13)14/h1-9,17,19H. The summed E-state index contributed by atoms with van der Waals surface area (Å²) in [5.41, 5.74) is 0.919. The number of aliphatic hydroxyl groups is 1. The lowest BCUT2D eigenvalue weighted by molar-refractivity contribution is 0.226. The van der Waals surface area contributed by atoms with Gasteiger partial charge in [-0.1, -0.05) is 24.3 Å². The molecule has 0 radical (unpaired) electrons. The van der Waals surface area contributed by atoms with Gasteiger partial charge in [-0.05, 0) is 40.4 Å². The first kappa shape index (κ1) is 13.0. The summed E-state index contributed by atoms with van der Waals surface area (Å²) in [5, 5.41) is 14.7. The molecule has 0 spiro atoms. The van der Waals surface area contributed by atoms with E-state index >= 15 is 0 Å². The summed E-state index contributed by atoms with van der Waals surface area (Å²) in [5.74, 6) is -0.244. The Labute approximate surface area is 128 Å². The van der Waals surface area contributed by atoms with E-state index in [-0.39, 0.29) is 5.82 Å². The molecule has 0 bridgehead atoms. The van der Waals surface area contributed by atoms with Crippen molar-refractivity contribution >= 4 is 42.8 Å². The number of benzene rings is 2. The van der Waals surface area contributed by atoms with Crippen LogP contribution in [0.4, 0.5) is 4.39 Å². The Morgan fingerprint density at radius 2 is 1.86 bits per heavy atom. The molecule has 2 heterocycles. The maximum atomic E-state index is 13.3. The molecule has 2 aromatic heterocycles. The minimum absolute atomic E-state index is 0.244. The van der Waals surface area contributed by atoms with E-state index in [1.165, 1.54) is 28.2 Å². The largest absolute Gasteiger partial charge is 0.383 e. The van der Waals surface area contributed by atoms with Gasteiger partial charge in [0.2, 0.25) is 0 Å². The molecular formula is C17H11FOS2. The SMILES string of the molecule is OC(c1cc2ccc(F)cc2s1)c1csc2ccccc12. The highest BCUT2D eigenvalue weighted by Gasteiger charge is 2.17. The van der Waals surface area contributed by atoms with Crippen LogP contribution in [-0.2, 0) is 0 Å². The Balaban J connectivity index is 1.83. The lowest BCUT2D eigenvalue weighted by atomic mass is 10.1. The van der Waals surface area contributed by atoms with Crippen molar-refractivity contribution in [1.29, 1.82) is 0 Å². The van der Waals surface area contributed by atoms with E-state index in [1.807, 2.05) is 29.6 Å². The maximum absolute atomic E-state index is 13.3. The van der Waals surface area contributed by atoms with Gasteiger partial charge in [-0.3, -0.25) is 0 Å². The minimum atomic E-state index is -0.665. The van der Waals surface area contributed by atoms with Crippen LogP contribution < -0.4 is 0 Å². The zero-order valence-electron chi connectivity index (χ0n) is 10.9. The first-order valence-corrected chi connectivity index (χ1v) is 8.25. The lowest BCUT2D eigenvalue weighted by Crippen LogP contribution is -1.95. The summed E-state index contributed by atoms with van der Waals surface area (Å²) in [6.07, 6.45) is -0.665. The maximum Gasteiger partial charge on any atom is 0.124 e. The van der Waals surface area contributed by atoms with E-state index in [0.29, 0.717) is 0 Å². The fourth-order valence-electron chi connectivity index (χ4n) is 2.52. The van der Waals surface area contributed by atoms with Gasteiger partial charge in [-0.25, -0.2) is 4.39 Å². The summed E-state index contributed by atoms with van der Waals surface area (Å²) in [7, 11) is 0. The quantitative estimate of drug-likeness (QED) is 0.530. The average molecular weight is 314 g/mol. The van der Waals surface area contributed by atoms with Crippen molar-refractivity contribution in [2.24, 2.45) is 0 Å². The van der Waals surface area contributed by atoms with Crippen LogP contribution in [0.25, 0.3) is 20.2 Å². The number of hydrogen-bond acceptors (Lipinski definition) is 3. The summed E-state index contributed by atoms with van der Waals surface area (Å²) in [4.78, 5) is 0.846. The second-order valence-corrected chi connectivity index (χ2v) is 6.95. The molecule has 1 unspecified atom stereocenters. The monoisotopic (exact) mass is 314 g/mol. The lowest BCUT2D eigenvalue weighted by Gasteiger charge is -2.07. The zero-order valence-corrected chi connectivity index (χ0v) is 12.5. The van der Waals surface area contributed by atoms with Crippen LogP contribution in [0, 0.1) is 5.82 Å². The van der Waals surface area contributed by atoms with E-state index in [9.17, 15) is 9.50 Å². The molecule has 1 atom stereocenters. The van der Waals surface area contributed by atoms with Gasteiger partial charge in [0, 0.05) is 19.8 Å². The van der Waals surface area contributed by atoms with Crippen LogP contribution >= 0.6 is 22.7 Å². The molecule has 0 aliphatic heterocycles. The Morgan fingerprint density at radius 1 is 1.00 bits per heavy atom. The van der Waals surface area contributed by atoms with Crippen LogP contribution in [0.2, 0.25) is 0 Å². The number of aliphatic hydroxyl groups excluding tert-OH is 1. The molecule has 104 valence electrons. The van der Waals surface area contributed by atoms with Gasteiger partial charge in [0.05, 0.1) is 0 Å². The van der Waals surface area contributed by atoms with Gasteiger partial charge in [-0.15, -0.1) is 22.7 Å². The van der Waals surface area contributed by atoms with Crippen LogP contribution in [0.15, 0.2) is 53.9 Å². The summed E-state index contributed by atoms with van der Waals surface area (Å²) in [6.45, 7) is 0. The van der Waals surface area contributed by atoms with E-state index in [4.69, 9.17) is 0 Å². The zero-order chi connectivity index (χ0) is 14.4. The molecule has 2 aromatic carbocycles. The van der Waals surface area contributed by atoms with Gasteiger partial charge in [0.25, 0.3) is 0 Å². The number of hydrogen-bond donors (Lipinski definition) is 1. The van der Waals surface area contributed by atoms with Gasteiger partial charge < -0.3 is 5.11 Å². The number of halogens is 1. The Hall–Kier alpha value is -1.75. The molecule has 0 aliphatic carbocycles. The van der Waals surface area contributed by atoms with Crippen LogP contribution in [0.1, 0.15) is 16.5 Å². The predicted molar refractivity (Wildman–Crippen MR) is 87.7 cm³/mol. The van der Waals surface area contributed by atoms with Crippen molar-refractivity contribution in [2.45, 2.75) is 6.10 Å². The third kappa shape index (κ3) is 2.16. The molecule has 0 saturated heterocycles. The fourth-order valence-corrected chi connectivity index (χ4v) is 4.60. The van der Waals surface area contributed by atoms with E-state index < -0.39 is 6.10 Å². The van der Waals surface area contributed by atoms with E-state index in [2.05, 4.69) is 6.07 Å². The first-order chi connectivity index (χ1) is 10.2. The molecule has 0 amide bonds. The average Bonchev–Trinajstić information content (AvgIpc) is 3.09. The normalized spacial score (nSPS) is 13.0. The minimum Gasteiger partial charge on any atom is -0.383 e. The molecule has 4 heteroatoms. The van der Waals surface area contributed by atoms with Gasteiger partial charge in [0.15, 0.2) is 0 Å². The van der Waals surface area contributed by atoms with Gasteiger partial charge in [0.1, 0.15) is 11.9 Å². The van der Waals surface area contributed by atoms with Crippen LogP contribution in [0.3, 0.4) is 0 Å². The molecular weight excluding hydrogens is 303 g/mol. The molecule has 4 aromatic rings. The van der Waals surface area contributed by atoms with Crippen molar-refractivity contribution in [3.8, 4) is 0 Å². The van der Waals surface area contributed by atoms with Crippen molar-refractivity contribution in [2.75, 3.05) is 0 Å². The summed E-state index contributed by atoms with van der Waals surface area (Å²) >= 11 is 3.07. The first-order valence-electron chi connectivity index (χ1n) is 6.55. The molecule has 4 rings (SSSR count). The second kappa shape index (κ2) is 4.91. The predicted octanol–water partition coefficient (Wildman–Crippen LogP) is 5.34. The van der Waals surface area contributed by atoms with Gasteiger partial charge >= 0.3 is 0 Å². The van der Waals surface area contributed by atoms with Crippen LogP contribution in [0.5, 0.6) is 0 Å². The highest BCUT2D eigenvalue weighted by atomic mass is 32.1. The van der Waals surface area contributed by atoms with Crippen molar-refractivity contribution in [3.63, 3.8) is 0 Å². The second-order valence-electron chi connectivity index (χ2n) is 4.92. The molecule has 0 fully saturated rings. The third-order valence-corrected chi connectivity index (χ3v) is 5.71. The molecule has 1 N–H and O–H groups in total. The van der Waals surface area contributed by atoms with Gasteiger partial charge in [-0.2, -0.15) is 0 Å². The van der Waals surface area contributed by atoms with E-state index in [1.54, 1.807) is 17.4 Å². The highest BCUT2D eigenvalue weighted by Crippen LogP contribution is 2.38. The van der Waals surface area contributed by atoms with Crippen molar-refractivity contribution < 1.29 is 9.50 Å². The Bertz CT molecular complexity index is 938. The number of rotatable bonds is 2. The van der Waals surface area contributed by atoms with Crippen LogP contribution in [-0.4, -0.2) is 5.11 Å². The number of fused-ring (bicyclic) bond motifs is 2. The Kier molecular flexibility index (Phi) is 3.03. The topological polar surface area (TPSA) is 20.2 Å². The Morgan fingerprint density at radius 3 is 2.76 bits per heavy atom. The van der Waals surface area contributed by atoms with Crippen molar-refractivity contribution in [3.05, 3.63) is 70.2 Å². The smallest absolute Gasteiger partial charge is 0.124 e. The molecule has 0 saturated carbocycles. The molecule has 1 nitrogen and oxygen atoms in total. The highest BCUT2D eigenvalue weighted by molar-refractivity contribution is 7.19. The summed E-state index contributed by atoms with van der Waals surface area (Å²) < 4.78 is 15.3.